The zero-order valence-corrected chi connectivity index (χ0v) is 16.9. The molecule has 0 spiro atoms. The number of rotatable bonds is 3. The van der Waals surface area contributed by atoms with Crippen LogP contribution in [-0.2, 0) is 0 Å². The monoisotopic (exact) mass is 429 g/mol. The average molecular weight is 429 g/mol. The molecule has 156 valence electrons. The highest BCUT2D eigenvalue weighted by molar-refractivity contribution is 8.03. The van der Waals surface area contributed by atoms with E-state index < -0.39 is 17.2 Å². The lowest BCUT2D eigenvalue weighted by Crippen LogP contribution is -2.36. The number of anilines is 1. The van der Waals surface area contributed by atoms with Gasteiger partial charge in [-0.05, 0) is 36.3 Å². The Bertz CT molecular complexity index is 1200. The molecule has 1 saturated carbocycles. The number of oxime groups is 1. The minimum atomic E-state index is -1.30. The quantitative estimate of drug-likeness (QED) is 0.572. The summed E-state index contributed by atoms with van der Waals surface area (Å²) in [5.41, 5.74) is 1.52. The lowest BCUT2D eigenvalue weighted by molar-refractivity contribution is 0.0695. The lowest BCUT2D eigenvalue weighted by Gasteiger charge is -2.34. The summed E-state index contributed by atoms with van der Waals surface area (Å²) >= 11 is 1.76. The van der Waals surface area contributed by atoms with Crippen molar-refractivity contribution < 1.29 is 19.5 Å². The number of nitrogens with zero attached hydrogens (tertiary/aromatic N) is 3. The van der Waals surface area contributed by atoms with Crippen molar-refractivity contribution in [2.75, 3.05) is 23.7 Å². The number of hydrogen-bond acceptors (Lipinski definition) is 6. The van der Waals surface area contributed by atoms with E-state index in [9.17, 15) is 19.9 Å². The largest absolute Gasteiger partial charge is 0.477 e. The average Bonchev–Trinajstić information content (AvgIpc) is 3.58. The van der Waals surface area contributed by atoms with E-state index >= 15 is 4.39 Å². The Labute approximate surface area is 175 Å². The van der Waals surface area contributed by atoms with Gasteiger partial charge in [0.05, 0.1) is 16.9 Å². The van der Waals surface area contributed by atoms with Gasteiger partial charge in [0, 0.05) is 48.5 Å². The number of benzene rings is 1. The fraction of sp³-hybridized carbons (Fsp3) is 0.381. The summed E-state index contributed by atoms with van der Waals surface area (Å²) in [6, 6.07) is 2.95. The Balaban J connectivity index is 1.63. The molecule has 3 aliphatic rings. The van der Waals surface area contributed by atoms with E-state index in [4.69, 9.17) is 0 Å². The van der Waals surface area contributed by atoms with Gasteiger partial charge >= 0.3 is 5.97 Å². The number of aromatic nitrogens is 1. The molecule has 9 heteroatoms. The van der Waals surface area contributed by atoms with Crippen LogP contribution in [0.25, 0.3) is 10.9 Å². The highest BCUT2D eigenvalue weighted by Gasteiger charge is 2.30. The molecule has 0 amide bonds. The summed E-state index contributed by atoms with van der Waals surface area (Å²) in [5, 5.41) is 22.3. The number of pyridine rings is 1. The first-order chi connectivity index (χ1) is 14.5. The van der Waals surface area contributed by atoms with Crippen LogP contribution in [0, 0.1) is 5.82 Å². The zero-order valence-electron chi connectivity index (χ0n) is 16.1. The number of carboxylic acid groups (broad SMARTS) is 1. The fourth-order valence-electron chi connectivity index (χ4n) is 4.30. The predicted molar refractivity (Wildman–Crippen MR) is 114 cm³/mol. The van der Waals surface area contributed by atoms with Gasteiger partial charge in [0.2, 0.25) is 5.43 Å². The van der Waals surface area contributed by atoms with Crippen LogP contribution in [0.1, 0.15) is 42.1 Å². The summed E-state index contributed by atoms with van der Waals surface area (Å²) in [7, 11) is 0. The molecule has 0 saturated heterocycles. The molecule has 2 aromatic rings. The van der Waals surface area contributed by atoms with Gasteiger partial charge in [0.25, 0.3) is 0 Å². The lowest BCUT2D eigenvalue weighted by atomic mass is 10.0. The van der Waals surface area contributed by atoms with Crippen molar-refractivity contribution in [2.24, 2.45) is 5.16 Å². The van der Waals surface area contributed by atoms with Crippen molar-refractivity contribution in [1.29, 1.82) is 0 Å². The second kappa shape index (κ2) is 7.16. The van der Waals surface area contributed by atoms with Crippen LogP contribution in [0.4, 0.5) is 10.1 Å². The number of thioether (sulfide) groups is 1. The Hall–Kier alpha value is -2.81. The summed E-state index contributed by atoms with van der Waals surface area (Å²) < 4.78 is 16.9. The molecule has 7 nitrogen and oxygen atoms in total. The molecule has 1 fully saturated rings. The van der Waals surface area contributed by atoms with Crippen molar-refractivity contribution >= 4 is 40.0 Å². The number of carboxylic acids is 1. The summed E-state index contributed by atoms with van der Waals surface area (Å²) in [4.78, 5) is 27.2. The molecular weight excluding hydrogens is 409 g/mol. The first-order valence-electron chi connectivity index (χ1n) is 9.90. The molecule has 0 unspecified atom stereocenters. The molecule has 5 rings (SSSR count). The minimum absolute atomic E-state index is 0.0887. The third-order valence-electron chi connectivity index (χ3n) is 5.99. The summed E-state index contributed by atoms with van der Waals surface area (Å²) in [6.45, 7) is 1.05. The minimum Gasteiger partial charge on any atom is -0.477 e. The van der Waals surface area contributed by atoms with Crippen molar-refractivity contribution in [2.45, 2.75) is 31.7 Å². The van der Waals surface area contributed by atoms with E-state index in [-0.39, 0.29) is 17.0 Å². The molecular formula is C21H20FN3O4S. The van der Waals surface area contributed by atoms with Crippen LogP contribution < -0.4 is 10.3 Å². The van der Waals surface area contributed by atoms with Gasteiger partial charge < -0.3 is 19.8 Å². The Kier molecular flexibility index (Phi) is 4.57. The summed E-state index contributed by atoms with van der Waals surface area (Å²) in [6.07, 6.45) is 4.60. The first kappa shape index (κ1) is 19.2. The molecule has 30 heavy (non-hydrogen) atoms. The highest BCUT2D eigenvalue weighted by atomic mass is 32.2. The highest BCUT2D eigenvalue weighted by Crippen LogP contribution is 2.40. The van der Waals surface area contributed by atoms with Crippen molar-refractivity contribution in [3.8, 4) is 0 Å². The Morgan fingerprint density at radius 2 is 2.07 bits per heavy atom. The smallest absolute Gasteiger partial charge is 0.341 e. The summed E-state index contributed by atoms with van der Waals surface area (Å²) in [5.74, 6) is -0.983. The topological polar surface area (TPSA) is 95.1 Å². The number of hydrogen-bond donors (Lipinski definition) is 2. The van der Waals surface area contributed by atoms with E-state index in [0.717, 1.165) is 30.6 Å². The van der Waals surface area contributed by atoms with Gasteiger partial charge in [0.1, 0.15) is 11.4 Å². The molecule has 1 aromatic heterocycles. The Morgan fingerprint density at radius 1 is 1.27 bits per heavy atom. The van der Waals surface area contributed by atoms with Crippen molar-refractivity contribution in [3.05, 3.63) is 50.4 Å². The molecule has 1 aliphatic carbocycles. The fourth-order valence-corrected chi connectivity index (χ4v) is 5.44. The van der Waals surface area contributed by atoms with E-state index in [1.54, 1.807) is 22.4 Å². The molecule has 3 heterocycles. The molecule has 0 bridgehead atoms. The molecule has 2 N–H and O–H groups in total. The van der Waals surface area contributed by atoms with Gasteiger partial charge in [-0.3, -0.25) is 4.79 Å². The maximum absolute atomic E-state index is 15.1. The van der Waals surface area contributed by atoms with Gasteiger partial charge in [-0.2, -0.15) is 0 Å². The van der Waals surface area contributed by atoms with Crippen molar-refractivity contribution in [3.63, 3.8) is 0 Å². The van der Waals surface area contributed by atoms with Crippen LogP contribution in [0.15, 0.2) is 38.8 Å². The van der Waals surface area contributed by atoms with E-state index in [1.165, 1.54) is 17.2 Å². The number of fused-ring (bicyclic) bond motifs is 1. The molecule has 2 aliphatic heterocycles. The number of carbonyl (C=O) groups is 1. The predicted octanol–water partition coefficient (Wildman–Crippen LogP) is 3.61. The van der Waals surface area contributed by atoms with Gasteiger partial charge in [0.15, 0.2) is 0 Å². The third-order valence-corrected chi connectivity index (χ3v) is 7.20. The second-order valence-corrected chi connectivity index (χ2v) is 9.04. The van der Waals surface area contributed by atoms with Crippen LogP contribution in [0.5, 0.6) is 0 Å². The maximum Gasteiger partial charge on any atom is 0.341 e. The first-order valence-corrected chi connectivity index (χ1v) is 10.9. The van der Waals surface area contributed by atoms with Crippen molar-refractivity contribution in [1.82, 2.24) is 4.57 Å². The van der Waals surface area contributed by atoms with Crippen LogP contribution >= 0.6 is 11.8 Å². The van der Waals surface area contributed by atoms with Gasteiger partial charge in [-0.1, -0.05) is 5.16 Å². The van der Waals surface area contributed by atoms with Crippen LogP contribution in [0.2, 0.25) is 0 Å². The van der Waals surface area contributed by atoms with Gasteiger partial charge in [-0.15, -0.1) is 11.8 Å². The zero-order chi connectivity index (χ0) is 21.0. The second-order valence-electron chi connectivity index (χ2n) is 7.85. The molecule has 0 atom stereocenters. The standard InChI is InChI=1S/C21H20FN3O4S/c22-15-7-12-17(25(11-1-2-11)10-14(20(12)26)21(27)28)8-18(15)24-5-3-19-13(9-24)16(23-29)4-6-30-19/h7-8,10-11,29H,1-6,9H2,(H,27,28)/b23-16+. The molecule has 1 aromatic carbocycles. The number of aromatic carboxylic acids is 1. The SMILES string of the molecule is O=C(O)c1cn(C2CC2)c2cc(N3CCC4=C(C3)/C(=N/O)CCS4)c(F)cc2c1=O. The third kappa shape index (κ3) is 3.08. The van der Waals surface area contributed by atoms with Crippen LogP contribution in [0.3, 0.4) is 0 Å². The maximum atomic E-state index is 15.1. The van der Waals surface area contributed by atoms with E-state index in [2.05, 4.69) is 5.16 Å². The van der Waals surface area contributed by atoms with E-state index in [1.807, 2.05) is 4.90 Å². The van der Waals surface area contributed by atoms with Gasteiger partial charge in [-0.25, -0.2) is 9.18 Å². The van der Waals surface area contributed by atoms with E-state index in [0.29, 0.717) is 36.4 Å². The normalized spacial score (nSPS) is 20.7. The van der Waals surface area contributed by atoms with Crippen LogP contribution in [-0.4, -0.2) is 45.4 Å². The number of halogens is 1. The Morgan fingerprint density at radius 3 is 2.77 bits per heavy atom. The molecule has 0 radical (unpaired) electrons.